The van der Waals surface area contributed by atoms with Gasteiger partial charge in [-0.15, -0.1) is 0 Å². The van der Waals surface area contributed by atoms with Crippen molar-refractivity contribution in [2.24, 2.45) is 5.84 Å². The maximum absolute atomic E-state index is 12.3. The maximum atomic E-state index is 12.3. The molecule has 6 nitrogen and oxygen atoms in total. The molecule has 0 heterocycles. The lowest BCUT2D eigenvalue weighted by Gasteiger charge is -2.09. The number of nitrogens with two attached hydrogens (primary N) is 1. The topological polar surface area (TPSA) is 101 Å². The summed E-state index contributed by atoms with van der Waals surface area (Å²) < 4.78 is 28.0. The molecule has 2 aromatic rings. The second kappa shape index (κ2) is 6.41. The minimum atomic E-state index is -3.76. The predicted molar refractivity (Wildman–Crippen MR) is 88.1 cm³/mol. The van der Waals surface area contributed by atoms with E-state index in [0.29, 0.717) is 5.69 Å². The van der Waals surface area contributed by atoms with Gasteiger partial charge in [0.05, 0.1) is 4.90 Å². The third kappa shape index (κ3) is 3.93. The predicted octanol–water partition coefficient (Wildman–Crippen LogP) is 1.70. The van der Waals surface area contributed by atoms with Crippen molar-refractivity contribution in [3.05, 3.63) is 57.7 Å². The number of sulfonamides is 1. The number of hydrogen-bond acceptors (Lipinski definition) is 4. The van der Waals surface area contributed by atoms with E-state index in [9.17, 15) is 13.2 Å². The van der Waals surface area contributed by atoms with Crippen LogP contribution >= 0.6 is 22.6 Å². The van der Waals surface area contributed by atoms with Gasteiger partial charge >= 0.3 is 0 Å². The zero-order valence-corrected chi connectivity index (χ0v) is 13.7. The van der Waals surface area contributed by atoms with Crippen LogP contribution in [0.5, 0.6) is 0 Å². The highest BCUT2D eigenvalue weighted by atomic mass is 127. The first-order valence-corrected chi connectivity index (χ1v) is 8.38. The fourth-order valence-electron chi connectivity index (χ4n) is 1.62. The smallest absolute Gasteiger partial charge is 0.265 e. The van der Waals surface area contributed by atoms with Crippen molar-refractivity contribution >= 4 is 44.2 Å². The summed E-state index contributed by atoms with van der Waals surface area (Å²) in [6.07, 6.45) is 0. The van der Waals surface area contributed by atoms with E-state index in [4.69, 9.17) is 5.84 Å². The number of carbonyl (C=O) groups excluding carboxylic acids is 1. The first-order chi connectivity index (χ1) is 9.92. The first-order valence-electron chi connectivity index (χ1n) is 5.82. The second-order valence-corrected chi connectivity index (χ2v) is 7.04. The molecule has 21 heavy (non-hydrogen) atoms. The van der Waals surface area contributed by atoms with Crippen molar-refractivity contribution in [2.75, 3.05) is 4.72 Å². The average molecular weight is 417 g/mol. The lowest BCUT2D eigenvalue weighted by atomic mass is 10.2. The molecule has 0 aliphatic rings. The SMILES string of the molecule is NNC(=O)c1cccc(S(=O)(=O)Nc2ccc(I)cc2)c1. The van der Waals surface area contributed by atoms with Crippen molar-refractivity contribution in [3.63, 3.8) is 0 Å². The van der Waals surface area contributed by atoms with Gasteiger partial charge in [0.1, 0.15) is 0 Å². The summed E-state index contributed by atoms with van der Waals surface area (Å²) in [5.41, 5.74) is 2.58. The molecule has 0 aliphatic heterocycles. The van der Waals surface area contributed by atoms with Crippen molar-refractivity contribution < 1.29 is 13.2 Å². The second-order valence-electron chi connectivity index (χ2n) is 4.11. The van der Waals surface area contributed by atoms with Gasteiger partial charge in [0, 0.05) is 14.8 Å². The van der Waals surface area contributed by atoms with Crippen LogP contribution < -0.4 is 16.0 Å². The quantitative estimate of drug-likeness (QED) is 0.305. The van der Waals surface area contributed by atoms with Crippen molar-refractivity contribution in [1.29, 1.82) is 0 Å². The summed E-state index contributed by atoms with van der Waals surface area (Å²) in [7, 11) is -3.76. The number of hydrazine groups is 1. The molecule has 1 amide bonds. The van der Waals surface area contributed by atoms with Crippen LogP contribution in [0.4, 0.5) is 5.69 Å². The van der Waals surface area contributed by atoms with E-state index in [1.165, 1.54) is 24.3 Å². The van der Waals surface area contributed by atoms with Crippen LogP contribution in [-0.4, -0.2) is 14.3 Å². The van der Waals surface area contributed by atoms with Crippen molar-refractivity contribution in [3.8, 4) is 0 Å². The normalized spacial score (nSPS) is 11.0. The van der Waals surface area contributed by atoms with Crippen LogP contribution in [0.1, 0.15) is 10.4 Å². The number of rotatable bonds is 4. The van der Waals surface area contributed by atoms with Gasteiger partial charge in [-0.1, -0.05) is 6.07 Å². The third-order valence-corrected chi connectivity index (χ3v) is 4.73. The average Bonchev–Trinajstić information content (AvgIpc) is 2.49. The molecule has 0 atom stereocenters. The Kier molecular flexibility index (Phi) is 4.80. The molecule has 0 saturated carbocycles. The minimum absolute atomic E-state index is 0.0119. The van der Waals surface area contributed by atoms with E-state index >= 15 is 0 Å². The van der Waals surface area contributed by atoms with E-state index in [-0.39, 0.29) is 10.5 Å². The lowest BCUT2D eigenvalue weighted by Crippen LogP contribution is -2.30. The molecule has 0 saturated heterocycles. The zero-order valence-electron chi connectivity index (χ0n) is 10.7. The Balaban J connectivity index is 2.31. The molecule has 110 valence electrons. The molecule has 0 bridgehead atoms. The minimum Gasteiger partial charge on any atom is -0.290 e. The van der Waals surface area contributed by atoms with Crippen LogP contribution in [0, 0.1) is 3.57 Å². The first kappa shape index (κ1) is 15.7. The Morgan fingerprint density at radius 1 is 1.10 bits per heavy atom. The molecule has 0 aliphatic carbocycles. The molecule has 0 fully saturated rings. The molecule has 0 aromatic heterocycles. The standard InChI is InChI=1S/C13H12IN3O3S/c14-10-4-6-11(7-5-10)17-21(19,20)12-3-1-2-9(8-12)13(18)16-15/h1-8,17H,15H2,(H,16,18). The molecule has 8 heteroatoms. The molecular formula is C13H12IN3O3S. The number of benzene rings is 2. The fraction of sp³-hybridized carbons (Fsp3) is 0. The van der Waals surface area contributed by atoms with Crippen LogP contribution in [0.2, 0.25) is 0 Å². The highest BCUT2D eigenvalue weighted by Crippen LogP contribution is 2.18. The van der Waals surface area contributed by atoms with Gasteiger partial charge in [-0.2, -0.15) is 0 Å². The summed E-state index contributed by atoms with van der Waals surface area (Å²) in [6, 6.07) is 12.5. The number of nitrogen functional groups attached to an aromatic ring is 1. The highest BCUT2D eigenvalue weighted by Gasteiger charge is 2.16. The molecule has 2 rings (SSSR count). The van der Waals surface area contributed by atoms with Gasteiger partial charge in [0.15, 0.2) is 0 Å². The Labute approximate surface area is 135 Å². The van der Waals surface area contributed by atoms with Crippen molar-refractivity contribution in [2.45, 2.75) is 4.90 Å². The molecule has 0 spiro atoms. The van der Waals surface area contributed by atoms with E-state index in [0.717, 1.165) is 3.57 Å². The third-order valence-electron chi connectivity index (χ3n) is 2.63. The molecule has 0 radical (unpaired) electrons. The molecule has 2 aromatic carbocycles. The van der Waals surface area contributed by atoms with E-state index < -0.39 is 15.9 Å². The van der Waals surface area contributed by atoms with Gasteiger partial charge in [-0.3, -0.25) is 14.9 Å². The molecular weight excluding hydrogens is 405 g/mol. The van der Waals surface area contributed by atoms with E-state index in [1.807, 2.05) is 5.43 Å². The lowest BCUT2D eigenvalue weighted by molar-refractivity contribution is 0.0953. The fourth-order valence-corrected chi connectivity index (χ4v) is 3.08. The number of anilines is 1. The Bertz CT molecular complexity index is 760. The summed E-state index contributed by atoms with van der Waals surface area (Å²) in [5.74, 6) is 4.48. The van der Waals surface area contributed by atoms with E-state index in [2.05, 4.69) is 27.3 Å². The Morgan fingerprint density at radius 3 is 2.38 bits per heavy atom. The number of nitrogens with one attached hydrogen (secondary N) is 2. The summed E-state index contributed by atoms with van der Waals surface area (Å²) in [5, 5.41) is 0. The van der Waals surface area contributed by atoms with Gasteiger partial charge in [0.25, 0.3) is 15.9 Å². The summed E-state index contributed by atoms with van der Waals surface area (Å²) >= 11 is 2.13. The van der Waals surface area contributed by atoms with Crippen LogP contribution in [0.15, 0.2) is 53.4 Å². The van der Waals surface area contributed by atoms with Gasteiger partial charge in [-0.05, 0) is 65.1 Å². The van der Waals surface area contributed by atoms with Crippen molar-refractivity contribution in [1.82, 2.24) is 5.43 Å². The number of halogens is 1. The van der Waals surface area contributed by atoms with E-state index in [1.54, 1.807) is 24.3 Å². The Hall–Kier alpha value is -1.65. The van der Waals surface area contributed by atoms with Crippen LogP contribution in [-0.2, 0) is 10.0 Å². The molecule has 4 N–H and O–H groups in total. The number of carbonyl (C=O) groups is 1. The maximum Gasteiger partial charge on any atom is 0.265 e. The highest BCUT2D eigenvalue weighted by molar-refractivity contribution is 14.1. The summed E-state index contributed by atoms with van der Waals surface area (Å²) in [6.45, 7) is 0. The van der Waals surface area contributed by atoms with Crippen LogP contribution in [0.3, 0.4) is 0 Å². The summed E-state index contributed by atoms with van der Waals surface area (Å²) in [4.78, 5) is 11.4. The number of amides is 1. The largest absolute Gasteiger partial charge is 0.290 e. The monoisotopic (exact) mass is 417 g/mol. The van der Waals surface area contributed by atoms with Gasteiger partial charge in [-0.25, -0.2) is 14.3 Å². The molecule has 0 unspecified atom stereocenters. The number of hydrogen-bond donors (Lipinski definition) is 3. The zero-order chi connectivity index (χ0) is 15.5. The van der Waals surface area contributed by atoms with Gasteiger partial charge in [0.2, 0.25) is 0 Å². The van der Waals surface area contributed by atoms with Gasteiger partial charge < -0.3 is 0 Å². The Morgan fingerprint density at radius 2 is 1.76 bits per heavy atom. The van der Waals surface area contributed by atoms with Crippen LogP contribution in [0.25, 0.3) is 0 Å².